The van der Waals surface area contributed by atoms with Gasteiger partial charge in [-0.05, 0) is 25.0 Å². The van der Waals surface area contributed by atoms with E-state index in [0.29, 0.717) is 30.5 Å². The third-order valence-corrected chi connectivity index (χ3v) is 3.54. The lowest BCUT2D eigenvalue weighted by Crippen LogP contribution is -2.52. The van der Waals surface area contributed by atoms with E-state index in [9.17, 15) is 14.7 Å². The number of anilines is 1. The van der Waals surface area contributed by atoms with E-state index in [4.69, 9.17) is 0 Å². The van der Waals surface area contributed by atoms with Gasteiger partial charge in [0.15, 0.2) is 0 Å². The molecule has 1 atom stereocenters. The Hall–Kier alpha value is -1.68. The van der Waals surface area contributed by atoms with Gasteiger partial charge in [0.05, 0.1) is 5.69 Å². The maximum Gasteiger partial charge on any atom is 0.229 e. The molecule has 1 aromatic rings. The van der Waals surface area contributed by atoms with Crippen molar-refractivity contribution in [1.82, 2.24) is 0 Å². The molecule has 0 spiro atoms. The number of fused-ring (bicyclic) bond motifs is 3. The van der Waals surface area contributed by atoms with Gasteiger partial charge in [-0.25, -0.2) is 0 Å². The van der Waals surface area contributed by atoms with Gasteiger partial charge >= 0.3 is 0 Å². The Balaban J connectivity index is 2.21. The van der Waals surface area contributed by atoms with Crippen molar-refractivity contribution in [3.05, 3.63) is 29.8 Å². The van der Waals surface area contributed by atoms with Crippen LogP contribution in [0.15, 0.2) is 24.3 Å². The maximum atomic E-state index is 12.2. The van der Waals surface area contributed by atoms with E-state index in [1.807, 2.05) is 0 Å². The van der Waals surface area contributed by atoms with Crippen LogP contribution < -0.4 is 4.90 Å². The summed E-state index contributed by atoms with van der Waals surface area (Å²) in [5.41, 5.74) is -0.644. The number of hydrogen-bond acceptors (Lipinski definition) is 3. The molecule has 1 unspecified atom stereocenters. The Morgan fingerprint density at radius 3 is 2.76 bits per heavy atom. The Labute approximate surface area is 98.9 Å². The molecular formula is C13H13NO3. The Bertz CT molecular complexity index is 511. The van der Waals surface area contributed by atoms with Crippen molar-refractivity contribution in [2.24, 2.45) is 0 Å². The standard InChI is InChI=1S/C13H13NO3/c15-11-7-3-4-8-13(17)12(16)9-5-1-2-6-10(9)14(11)13/h1-2,5-6,17H,3-4,7-8H2. The lowest BCUT2D eigenvalue weighted by molar-refractivity contribution is -0.121. The van der Waals surface area contributed by atoms with E-state index in [-0.39, 0.29) is 11.7 Å². The van der Waals surface area contributed by atoms with Crippen LogP contribution in [0, 0.1) is 0 Å². The van der Waals surface area contributed by atoms with Gasteiger partial charge in [0.2, 0.25) is 17.4 Å². The number of carbonyl (C=O) groups excluding carboxylic acids is 2. The van der Waals surface area contributed by atoms with Crippen molar-refractivity contribution in [2.45, 2.75) is 31.4 Å². The van der Waals surface area contributed by atoms with Crippen molar-refractivity contribution in [3.63, 3.8) is 0 Å². The summed E-state index contributed by atoms with van der Waals surface area (Å²) in [5.74, 6) is -0.508. The zero-order chi connectivity index (χ0) is 12.0. The van der Waals surface area contributed by atoms with Gasteiger partial charge in [-0.3, -0.25) is 14.5 Å². The van der Waals surface area contributed by atoms with Crippen molar-refractivity contribution >= 4 is 17.4 Å². The molecule has 17 heavy (non-hydrogen) atoms. The van der Waals surface area contributed by atoms with Crippen LogP contribution in [-0.4, -0.2) is 22.5 Å². The van der Waals surface area contributed by atoms with E-state index >= 15 is 0 Å². The number of nitrogens with zero attached hydrogens (tertiary/aromatic N) is 1. The minimum atomic E-state index is -1.64. The summed E-state index contributed by atoms with van der Waals surface area (Å²) in [6, 6.07) is 6.90. The molecule has 1 aromatic carbocycles. The number of hydrogen-bond donors (Lipinski definition) is 1. The van der Waals surface area contributed by atoms with E-state index < -0.39 is 5.72 Å². The summed E-state index contributed by atoms with van der Waals surface area (Å²) in [6.07, 6.45) is 2.14. The molecule has 1 N–H and O–H groups in total. The molecular weight excluding hydrogens is 218 g/mol. The molecule has 0 radical (unpaired) electrons. The fraction of sp³-hybridized carbons (Fsp3) is 0.385. The van der Waals surface area contributed by atoms with Crippen molar-refractivity contribution in [2.75, 3.05) is 4.90 Å². The quantitative estimate of drug-likeness (QED) is 0.735. The summed E-state index contributed by atoms with van der Waals surface area (Å²) in [5, 5.41) is 10.5. The lowest BCUT2D eigenvalue weighted by atomic mass is 10.0. The van der Waals surface area contributed by atoms with Crippen molar-refractivity contribution in [3.8, 4) is 0 Å². The van der Waals surface area contributed by atoms with Crippen LogP contribution in [0.1, 0.15) is 36.0 Å². The second kappa shape index (κ2) is 3.40. The van der Waals surface area contributed by atoms with Gasteiger partial charge in [0.1, 0.15) is 0 Å². The highest BCUT2D eigenvalue weighted by atomic mass is 16.3. The molecule has 4 nitrogen and oxygen atoms in total. The van der Waals surface area contributed by atoms with E-state index in [1.165, 1.54) is 4.90 Å². The Morgan fingerprint density at radius 2 is 1.94 bits per heavy atom. The van der Waals surface area contributed by atoms with Crippen molar-refractivity contribution in [1.29, 1.82) is 0 Å². The first-order valence-corrected chi connectivity index (χ1v) is 5.84. The first-order valence-electron chi connectivity index (χ1n) is 5.84. The van der Waals surface area contributed by atoms with Gasteiger partial charge in [-0.2, -0.15) is 0 Å². The molecule has 0 saturated carbocycles. The molecule has 0 bridgehead atoms. The van der Waals surface area contributed by atoms with Gasteiger partial charge in [0, 0.05) is 18.4 Å². The highest BCUT2D eigenvalue weighted by molar-refractivity contribution is 6.19. The Kier molecular flexibility index (Phi) is 2.10. The summed E-state index contributed by atoms with van der Waals surface area (Å²) in [6.45, 7) is 0. The number of Topliss-reactive ketones (excluding diaryl/α,β-unsaturated/α-hetero) is 1. The summed E-state index contributed by atoms with van der Waals surface area (Å²) >= 11 is 0. The zero-order valence-electron chi connectivity index (χ0n) is 9.35. The molecule has 2 heterocycles. The predicted molar refractivity (Wildman–Crippen MR) is 61.7 cm³/mol. The SMILES string of the molecule is O=C1CCCCC2(O)C(=O)c3ccccc3N12. The highest BCUT2D eigenvalue weighted by Crippen LogP contribution is 2.42. The third kappa shape index (κ3) is 1.27. The molecule has 3 rings (SSSR count). The second-order valence-corrected chi connectivity index (χ2v) is 4.60. The minimum Gasteiger partial charge on any atom is -0.364 e. The highest BCUT2D eigenvalue weighted by Gasteiger charge is 2.52. The third-order valence-electron chi connectivity index (χ3n) is 3.54. The number of aliphatic hydroxyl groups is 1. The number of rotatable bonds is 0. The first-order chi connectivity index (χ1) is 8.14. The van der Waals surface area contributed by atoms with E-state index in [0.717, 1.165) is 6.42 Å². The molecule has 0 aliphatic carbocycles. The van der Waals surface area contributed by atoms with E-state index in [2.05, 4.69) is 0 Å². The van der Waals surface area contributed by atoms with Crippen molar-refractivity contribution < 1.29 is 14.7 Å². The number of ketones is 1. The minimum absolute atomic E-state index is 0.164. The fourth-order valence-corrected chi connectivity index (χ4v) is 2.70. The van der Waals surface area contributed by atoms with Gasteiger partial charge in [-0.15, -0.1) is 0 Å². The van der Waals surface area contributed by atoms with Crippen LogP contribution >= 0.6 is 0 Å². The Morgan fingerprint density at radius 1 is 1.18 bits per heavy atom. The smallest absolute Gasteiger partial charge is 0.229 e. The fourth-order valence-electron chi connectivity index (χ4n) is 2.70. The average Bonchev–Trinajstić information content (AvgIpc) is 2.45. The maximum absolute atomic E-state index is 12.2. The normalized spacial score (nSPS) is 27.7. The van der Waals surface area contributed by atoms with Crippen LogP contribution in [0.3, 0.4) is 0 Å². The molecule has 2 aliphatic rings. The van der Waals surface area contributed by atoms with Crippen LogP contribution in [0.25, 0.3) is 0 Å². The molecule has 4 heteroatoms. The van der Waals surface area contributed by atoms with Gasteiger partial charge in [0.25, 0.3) is 0 Å². The number of benzene rings is 1. The molecule has 88 valence electrons. The zero-order valence-corrected chi connectivity index (χ0v) is 9.35. The number of carbonyl (C=O) groups is 2. The first kappa shape index (κ1) is 10.5. The molecule has 1 amide bonds. The van der Waals surface area contributed by atoms with Gasteiger partial charge < -0.3 is 5.11 Å². The number of amides is 1. The van der Waals surface area contributed by atoms with Crippen LogP contribution in [0.2, 0.25) is 0 Å². The lowest BCUT2D eigenvalue weighted by Gasteiger charge is -2.30. The molecule has 1 fully saturated rings. The topological polar surface area (TPSA) is 57.6 Å². The molecule has 1 saturated heterocycles. The van der Waals surface area contributed by atoms with Gasteiger partial charge in [-0.1, -0.05) is 12.1 Å². The molecule has 0 aromatic heterocycles. The number of para-hydroxylation sites is 1. The largest absolute Gasteiger partial charge is 0.364 e. The van der Waals surface area contributed by atoms with Crippen LogP contribution in [0.5, 0.6) is 0 Å². The summed E-state index contributed by atoms with van der Waals surface area (Å²) in [7, 11) is 0. The van der Waals surface area contributed by atoms with Crippen LogP contribution in [-0.2, 0) is 4.79 Å². The monoisotopic (exact) mass is 231 g/mol. The van der Waals surface area contributed by atoms with Crippen LogP contribution in [0.4, 0.5) is 5.69 Å². The van der Waals surface area contributed by atoms with E-state index in [1.54, 1.807) is 24.3 Å². The summed E-state index contributed by atoms with van der Waals surface area (Å²) in [4.78, 5) is 25.5. The second-order valence-electron chi connectivity index (χ2n) is 4.60. The average molecular weight is 231 g/mol. The predicted octanol–water partition coefficient (Wildman–Crippen LogP) is 1.48. The summed E-state index contributed by atoms with van der Waals surface area (Å²) < 4.78 is 0. The molecule has 2 aliphatic heterocycles.